The van der Waals surface area contributed by atoms with Gasteiger partial charge >= 0.3 is 0 Å². The molecule has 0 aromatic heterocycles. The number of ether oxygens (including phenoxy) is 2. The molecule has 1 N–H and O–H groups in total. The van der Waals surface area contributed by atoms with Crippen molar-refractivity contribution in [3.8, 4) is 5.75 Å². The second-order valence-electron chi connectivity index (χ2n) is 8.58. The van der Waals surface area contributed by atoms with Gasteiger partial charge in [-0.2, -0.15) is 0 Å². The molecule has 6 nitrogen and oxygen atoms in total. The standard InChI is InChI=1S/C22H29ClN2O4/c1-15-2-4-18-16(10-15)3-5-19(29-18)21(27)25-13-17(12-24-20(26)11-23)22(14-25)6-8-28-9-7-22/h2,4,10,17,19H,3,5-9,11-14H2,1H3,(H,24,26). The molecule has 4 rings (SSSR count). The number of hydrogen-bond donors (Lipinski definition) is 1. The predicted octanol–water partition coefficient (Wildman–Crippen LogP) is 2.30. The first-order valence-corrected chi connectivity index (χ1v) is 11.0. The maximum Gasteiger partial charge on any atom is 0.263 e. The topological polar surface area (TPSA) is 67.9 Å². The number of nitrogens with one attached hydrogen (secondary N) is 1. The molecule has 0 aliphatic carbocycles. The molecule has 1 aromatic carbocycles. The van der Waals surface area contributed by atoms with Crippen LogP contribution in [0.25, 0.3) is 0 Å². The first kappa shape index (κ1) is 20.5. The molecule has 7 heteroatoms. The summed E-state index contributed by atoms with van der Waals surface area (Å²) in [6.45, 7) is 5.36. The highest BCUT2D eigenvalue weighted by atomic mass is 35.5. The summed E-state index contributed by atoms with van der Waals surface area (Å²) < 4.78 is 11.7. The number of likely N-dealkylation sites (tertiary alicyclic amines) is 1. The fourth-order valence-electron chi connectivity index (χ4n) is 5.01. The van der Waals surface area contributed by atoms with Gasteiger partial charge in [-0.05, 0) is 49.7 Å². The largest absolute Gasteiger partial charge is 0.480 e. The highest BCUT2D eigenvalue weighted by Crippen LogP contribution is 2.44. The maximum atomic E-state index is 13.3. The monoisotopic (exact) mass is 420 g/mol. The quantitative estimate of drug-likeness (QED) is 0.759. The Morgan fingerprint density at radius 3 is 2.86 bits per heavy atom. The molecule has 158 valence electrons. The van der Waals surface area contributed by atoms with Crippen molar-refractivity contribution < 1.29 is 19.1 Å². The third-order valence-electron chi connectivity index (χ3n) is 6.72. The van der Waals surface area contributed by atoms with Crippen molar-refractivity contribution >= 4 is 23.4 Å². The van der Waals surface area contributed by atoms with Crippen molar-refractivity contribution in [2.75, 3.05) is 38.7 Å². The second kappa shape index (κ2) is 8.52. The molecule has 3 heterocycles. The van der Waals surface area contributed by atoms with Gasteiger partial charge in [0.05, 0.1) is 0 Å². The number of amides is 2. The number of nitrogens with zero attached hydrogens (tertiary/aromatic N) is 1. The van der Waals surface area contributed by atoms with Crippen LogP contribution in [-0.4, -0.2) is 61.5 Å². The van der Waals surface area contributed by atoms with E-state index in [0.29, 0.717) is 39.3 Å². The number of halogens is 1. The molecule has 2 unspecified atom stereocenters. The number of carbonyl (C=O) groups is 2. The molecule has 29 heavy (non-hydrogen) atoms. The van der Waals surface area contributed by atoms with E-state index in [4.69, 9.17) is 21.1 Å². The fraction of sp³-hybridized carbons (Fsp3) is 0.636. The highest BCUT2D eigenvalue weighted by Gasteiger charge is 2.49. The van der Waals surface area contributed by atoms with Crippen LogP contribution < -0.4 is 10.1 Å². The zero-order valence-electron chi connectivity index (χ0n) is 16.9. The molecule has 2 atom stereocenters. The van der Waals surface area contributed by atoms with E-state index >= 15 is 0 Å². The van der Waals surface area contributed by atoms with Crippen LogP contribution >= 0.6 is 11.6 Å². The molecule has 0 saturated carbocycles. The molecule has 3 aliphatic heterocycles. The number of carbonyl (C=O) groups excluding carboxylic acids is 2. The first-order chi connectivity index (χ1) is 14.0. The highest BCUT2D eigenvalue weighted by molar-refractivity contribution is 6.27. The lowest BCUT2D eigenvalue weighted by Gasteiger charge is -2.38. The Kier molecular flexibility index (Phi) is 6.02. The average molecular weight is 421 g/mol. The van der Waals surface area contributed by atoms with Gasteiger partial charge in [0, 0.05) is 38.8 Å². The van der Waals surface area contributed by atoms with Crippen LogP contribution in [0.4, 0.5) is 0 Å². The van der Waals surface area contributed by atoms with Gasteiger partial charge < -0.3 is 19.7 Å². The van der Waals surface area contributed by atoms with E-state index in [1.54, 1.807) is 0 Å². The predicted molar refractivity (Wildman–Crippen MR) is 110 cm³/mol. The van der Waals surface area contributed by atoms with Crippen molar-refractivity contribution in [1.82, 2.24) is 10.2 Å². The van der Waals surface area contributed by atoms with E-state index in [9.17, 15) is 9.59 Å². The minimum Gasteiger partial charge on any atom is -0.480 e. The summed E-state index contributed by atoms with van der Waals surface area (Å²) in [5.74, 6) is 0.891. The van der Waals surface area contributed by atoms with Gasteiger partial charge in [-0.25, -0.2) is 0 Å². The summed E-state index contributed by atoms with van der Waals surface area (Å²) in [6, 6.07) is 6.13. The lowest BCUT2D eigenvalue weighted by Crippen LogP contribution is -2.44. The van der Waals surface area contributed by atoms with Gasteiger partial charge in [-0.3, -0.25) is 9.59 Å². The molecular weight excluding hydrogens is 392 g/mol. The summed E-state index contributed by atoms with van der Waals surface area (Å²) >= 11 is 5.63. The Balaban J connectivity index is 1.46. The molecule has 1 aromatic rings. The van der Waals surface area contributed by atoms with Crippen LogP contribution in [0.1, 0.15) is 30.4 Å². The van der Waals surface area contributed by atoms with E-state index in [0.717, 1.165) is 25.0 Å². The smallest absolute Gasteiger partial charge is 0.263 e. The van der Waals surface area contributed by atoms with Crippen molar-refractivity contribution in [2.24, 2.45) is 11.3 Å². The third-order valence-corrected chi connectivity index (χ3v) is 6.96. The number of rotatable bonds is 4. The Morgan fingerprint density at radius 1 is 1.31 bits per heavy atom. The lowest BCUT2D eigenvalue weighted by molar-refractivity contribution is -0.139. The molecule has 2 amide bonds. The van der Waals surface area contributed by atoms with Gasteiger partial charge in [0.15, 0.2) is 6.10 Å². The van der Waals surface area contributed by atoms with Crippen LogP contribution in [0.2, 0.25) is 0 Å². The molecular formula is C22H29ClN2O4. The molecule has 2 saturated heterocycles. The zero-order valence-corrected chi connectivity index (χ0v) is 17.7. The summed E-state index contributed by atoms with van der Waals surface area (Å²) in [5.41, 5.74) is 2.38. The lowest BCUT2D eigenvalue weighted by atomic mass is 9.72. The van der Waals surface area contributed by atoms with E-state index < -0.39 is 6.10 Å². The first-order valence-electron chi connectivity index (χ1n) is 10.5. The van der Waals surface area contributed by atoms with E-state index in [1.807, 2.05) is 17.0 Å². The fourth-order valence-corrected chi connectivity index (χ4v) is 5.10. The van der Waals surface area contributed by atoms with Crippen molar-refractivity contribution in [2.45, 2.75) is 38.7 Å². The van der Waals surface area contributed by atoms with Crippen LogP contribution in [-0.2, 0) is 20.7 Å². The number of fused-ring (bicyclic) bond motifs is 1. The molecule has 0 bridgehead atoms. The van der Waals surface area contributed by atoms with Crippen molar-refractivity contribution in [1.29, 1.82) is 0 Å². The van der Waals surface area contributed by atoms with E-state index in [-0.39, 0.29) is 29.0 Å². The minimum atomic E-state index is -0.432. The van der Waals surface area contributed by atoms with Crippen molar-refractivity contribution in [3.05, 3.63) is 29.3 Å². The Morgan fingerprint density at radius 2 is 2.10 bits per heavy atom. The van der Waals surface area contributed by atoms with Gasteiger partial charge in [0.1, 0.15) is 11.6 Å². The number of alkyl halides is 1. The van der Waals surface area contributed by atoms with Crippen LogP contribution in [0, 0.1) is 18.3 Å². The maximum absolute atomic E-state index is 13.3. The summed E-state index contributed by atoms with van der Waals surface area (Å²) in [5, 5.41) is 2.92. The molecule has 2 fully saturated rings. The third kappa shape index (κ3) is 4.24. The Hall–Kier alpha value is -1.79. The summed E-state index contributed by atoms with van der Waals surface area (Å²) in [4.78, 5) is 26.9. The zero-order chi connectivity index (χ0) is 20.4. The van der Waals surface area contributed by atoms with Crippen LogP contribution in [0.3, 0.4) is 0 Å². The van der Waals surface area contributed by atoms with Gasteiger partial charge in [0.25, 0.3) is 5.91 Å². The summed E-state index contributed by atoms with van der Waals surface area (Å²) in [6.07, 6.45) is 2.95. The van der Waals surface area contributed by atoms with Gasteiger partial charge in [-0.1, -0.05) is 17.7 Å². The Bertz CT molecular complexity index is 778. The van der Waals surface area contributed by atoms with Crippen LogP contribution in [0.15, 0.2) is 18.2 Å². The normalized spacial score (nSPS) is 25.4. The van der Waals surface area contributed by atoms with E-state index in [2.05, 4.69) is 18.3 Å². The Labute approximate surface area is 176 Å². The van der Waals surface area contributed by atoms with Crippen molar-refractivity contribution in [3.63, 3.8) is 0 Å². The number of benzene rings is 1. The molecule has 1 spiro atoms. The SMILES string of the molecule is Cc1ccc2c(c1)CCC(C(=O)N1CC(CNC(=O)CCl)C3(CCOCC3)C1)O2. The average Bonchev–Trinajstić information content (AvgIpc) is 3.09. The second-order valence-corrected chi connectivity index (χ2v) is 8.85. The molecule has 3 aliphatic rings. The number of hydrogen-bond acceptors (Lipinski definition) is 4. The molecule has 0 radical (unpaired) electrons. The van der Waals surface area contributed by atoms with E-state index in [1.165, 1.54) is 11.1 Å². The summed E-state index contributed by atoms with van der Waals surface area (Å²) in [7, 11) is 0. The van der Waals surface area contributed by atoms with Crippen LogP contribution in [0.5, 0.6) is 5.75 Å². The van der Waals surface area contributed by atoms with Gasteiger partial charge in [-0.15, -0.1) is 11.6 Å². The number of aryl methyl sites for hydroxylation is 2. The van der Waals surface area contributed by atoms with Gasteiger partial charge in [0.2, 0.25) is 5.91 Å². The minimum absolute atomic E-state index is 0.00279.